The van der Waals surface area contributed by atoms with E-state index in [1.807, 2.05) is 12.1 Å². The van der Waals surface area contributed by atoms with Gasteiger partial charge in [0.25, 0.3) is 0 Å². The number of benzene rings is 2. The second kappa shape index (κ2) is 5.26. The SMILES string of the molecule is [c]1ccc2ccn(-c3ccc(N4CCOCC4)cc3)c2c1. The van der Waals surface area contributed by atoms with E-state index in [1.165, 1.54) is 22.3 Å². The Kier molecular flexibility index (Phi) is 3.13. The highest BCUT2D eigenvalue weighted by Crippen LogP contribution is 2.23. The lowest BCUT2D eigenvalue weighted by atomic mass is 10.2. The van der Waals surface area contributed by atoms with Crippen molar-refractivity contribution in [3.05, 3.63) is 60.8 Å². The Morgan fingerprint density at radius 2 is 1.67 bits per heavy atom. The summed E-state index contributed by atoms with van der Waals surface area (Å²) in [6.45, 7) is 3.58. The molecule has 4 rings (SSSR count). The van der Waals surface area contributed by atoms with Gasteiger partial charge < -0.3 is 14.2 Å². The van der Waals surface area contributed by atoms with Crippen molar-refractivity contribution >= 4 is 16.6 Å². The Labute approximate surface area is 124 Å². The lowest BCUT2D eigenvalue weighted by Crippen LogP contribution is -2.36. The fourth-order valence-corrected chi connectivity index (χ4v) is 2.89. The maximum absolute atomic E-state index is 5.40. The van der Waals surface area contributed by atoms with Crippen LogP contribution in [-0.4, -0.2) is 30.9 Å². The fraction of sp³-hybridized carbons (Fsp3) is 0.222. The first kappa shape index (κ1) is 12.5. The minimum Gasteiger partial charge on any atom is -0.378 e. The molecule has 0 atom stereocenters. The van der Waals surface area contributed by atoms with Crippen LogP contribution < -0.4 is 4.90 Å². The van der Waals surface area contributed by atoms with E-state index in [9.17, 15) is 0 Å². The summed E-state index contributed by atoms with van der Waals surface area (Å²) in [5, 5.41) is 1.24. The molecule has 2 aromatic carbocycles. The molecular formula is C18H17N2O. The molecular weight excluding hydrogens is 260 g/mol. The molecule has 0 unspecified atom stereocenters. The van der Waals surface area contributed by atoms with E-state index in [1.54, 1.807) is 0 Å². The first-order chi connectivity index (χ1) is 10.4. The van der Waals surface area contributed by atoms with Crippen LogP contribution in [0.15, 0.2) is 54.7 Å². The second-order valence-electron chi connectivity index (χ2n) is 5.29. The van der Waals surface area contributed by atoms with Crippen LogP contribution in [-0.2, 0) is 4.74 Å². The average Bonchev–Trinajstić information content (AvgIpc) is 3.00. The van der Waals surface area contributed by atoms with Crippen molar-refractivity contribution in [1.82, 2.24) is 4.57 Å². The van der Waals surface area contributed by atoms with Crippen LogP contribution in [0.2, 0.25) is 0 Å². The van der Waals surface area contributed by atoms with E-state index in [4.69, 9.17) is 4.74 Å². The van der Waals surface area contributed by atoms with E-state index in [-0.39, 0.29) is 0 Å². The van der Waals surface area contributed by atoms with Gasteiger partial charge in [0, 0.05) is 30.7 Å². The minimum absolute atomic E-state index is 0.819. The summed E-state index contributed by atoms with van der Waals surface area (Å²) in [5.74, 6) is 0. The fourth-order valence-electron chi connectivity index (χ4n) is 2.89. The van der Waals surface area contributed by atoms with Gasteiger partial charge in [0.15, 0.2) is 0 Å². The molecule has 3 nitrogen and oxygen atoms in total. The largest absolute Gasteiger partial charge is 0.378 e. The van der Waals surface area contributed by atoms with Crippen molar-refractivity contribution < 1.29 is 4.74 Å². The third-order valence-electron chi connectivity index (χ3n) is 4.04. The molecule has 2 heterocycles. The highest BCUT2D eigenvalue weighted by molar-refractivity contribution is 5.81. The maximum atomic E-state index is 5.40. The molecule has 3 aromatic rings. The number of hydrogen-bond donors (Lipinski definition) is 0. The Balaban J connectivity index is 1.67. The molecule has 105 valence electrons. The second-order valence-corrected chi connectivity index (χ2v) is 5.29. The molecule has 1 aliphatic rings. The van der Waals surface area contributed by atoms with Crippen LogP contribution in [0.1, 0.15) is 0 Å². The summed E-state index contributed by atoms with van der Waals surface area (Å²) in [4.78, 5) is 2.37. The van der Waals surface area contributed by atoms with E-state index >= 15 is 0 Å². The first-order valence-corrected chi connectivity index (χ1v) is 7.32. The number of ether oxygens (including phenoxy) is 1. The smallest absolute Gasteiger partial charge is 0.0642 e. The van der Waals surface area contributed by atoms with Gasteiger partial charge in [-0.25, -0.2) is 0 Å². The zero-order valence-electron chi connectivity index (χ0n) is 11.8. The van der Waals surface area contributed by atoms with Crippen LogP contribution in [0.5, 0.6) is 0 Å². The summed E-state index contributed by atoms with van der Waals surface area (Å²) in [6.07, 6.45) is 2.11. The van der Waals surface area contributed by atoms with Gasteiger partial charge in [-0.3, -0.25) is 0 Å². The van der Waals surface area contributed by atoms with Gasteiger partial charge in [-0.05, 0) is 47.9 Å². The van der Waals surface area contributed by atoms with Gasteiger partial charge in [0.05, 0.1) is 18.7 Å². The van der Waals surface area contributed by atoms with Crippen LogP contribution in [0, 0.1) is 6.07 Å². The number of nitrogens with zero attached hydrogens (tertiary/aromatic N) is 2. The summed E-state index contributed by atoms with van der Waals surface area (Å²) in [5.41, 5.74) is 3.64. The summed E-state index contributed by atoms with van der Waals surface area (Å²) >= 11 is 0. The predicted molar refractivity (Wildman–Crippen MR) is 85.1 cm³/mol. The van der Waals surface area contributed by atoms with Crippen molar-refractivity contribution in [2.45, 2.75) is 0 Å². The van der Waals surface area contributed by atoms with Crippen molar-refractivity contribution in [3.63, 3.8) is 0 Å². The third-order valence-corrected chi connectivity index (χ3v) is 4.04. The van der Waals surface area contributed by atoms with Gasteiger partial charge in [0.1, 0.15) is 0 Å². The van der Waals surface area contributed by atoms with Crippen molar-refractivity contribution in [1.29, 1.82) is 0 Å². The first-order valence-electron chi connectivity index (χ1n) is 7.32. The average molecular weight is 277 g/mol. The lowest BCUT2D eigenvalue weighted by Gasteiger charge is -2.29. The van der Waals surface area contributed by atoms with E-state index in [0.29, 0.717) is 0 Å². The summed E-state index contributed by atoms with van der Waals surface area (Å²) in [7, 11) is 0. The lowest BCUT2D eigenvalue weighted by molar-refractivity contribution is 0.122. The van der Waals surface area contributed by atoms with Gasteiger partial charge >= 0.3 is 0 Å². The number of anilines is 1. The zero-order chi connectivity index (χ0) is 14.1. The molecule has 0 amide bonds. The van der Waals surface area contributed by atoms with Crippen LogP contribution >= 0.6 is 0 Å². The molecule has 0 bridgehead atoms. The number of morpholine rings is 1. The highest BCUT2D eigenvalue weighted by Gasteiger charge is 2.11. The van der Waals surface area contributed by atoms with Crippen molar-refractivity contribution in [2.24, 2.45) is 0 Å². The molecule has 1 fully saturated rings. The maximum Gasteiger partial charge on any atom is 0.0642 e. The van der Waals surface area contributed by atoms with Crippen molar-refractivity contribution in [3.8, 4) is 5.69 Å². The van der Waals surface area contributed by atoms with Crippen LogP contribution in [0.3, 0.4) is 0 Å². The minimum atomic E-state index is 0.819. The third kappa shape index (κ3) is 2.30. The molecule has 0 saturated carbocycles. The van der Waals surface area contributed by atoms with E-state index in [0.717, 1.165) is 26.3 Å². The summed E-state index contributed by atoms with van der Waals surface area (Å²) < 4.78 is 7.61. The Hall–Kier alpha value is -2.26. The molecule has 1 saturated heterocycles. The topological polar surface area (TPSA) is 17.4 Å². The normalized spacial score (nSPS) is 15.5. The van der Waals surface area contributed by atoms with Gasteiger partial charge in [-0.15, -0.1) is 0 Å². The molecule has 0 spiro atoms. The monoisotopic (exact) mass is 277 g/mol. The molecule has 3 heteroatoms. The number of aromatic nitrogens is 1. The van der Waals surface area contributed by atoms with E-state index < -0.39 is 0 Å². The van der Waals surface area contributed by atoms with Crippen LogP contribution in [0.4, 0.5) is 5.69 Å². The van der Waals surface area contributed by atoms with Crippen LogP contribution in [0.25, 0.3) is 16.6 Å². The molecule has 1 aliphatic heterocycles. The molecule has 0 N–H and O–H groups in total. The molecule has 1 aromatic heterocycles. The van der Waals surface area contributed by atoms with Crippen molar-refractivity contribution in [2.75, 3.05) is 31.2 Å². The Morgan fingerprint density at radius 1 is 0.905 bits per heavy atom. The molecule has 1 radical (unpaired) electrons. The molecule has 21 heavy (non-hydrogen) atoms. The predicted octanol–water partition coefficient (Wildman–Crippen LogP) is 3.27. The molecule has 0 aliphatic carbocycles. The number of fused-ring (bicyclic) bond motifs is 1. The Bertz CT molecular complexity index is 739. The highest BCUT2D eigenvalue weighted by atomic mass is 16.5. The Morgan fingerprint density at radius 3 is 2.48 bits per heavy atom. The standard InChI is InChI=1S/C18H17N2O/c1-2-4-18-15(3-1)9-10-20(18)17-7-5-16(6-8-17)19-11-13-21-14-12-19/h1,3-10H,11-14H2. The van der Waals surface area contributed by atoms with E-state index in [2.05, 4.69) is 58.1 Å². The van der Waals surface area contributed by atoms with Gasteiger partial charge in [-0.2, -0.15) is 0 Å². The van der Waals surface area contributed by atoms with Gasteiger partial charge in [0.2, 0.25) is 0 Å². The zero-order valence-corrected chi connectivity index (χ0v) is 11.8. The van der Waals surface area contributed by atoms with Gasteiger partial charge in [-0.1, -0.05) is 12.1 Å². The number of hydrogen-bond acceptors (Lipinski definition) is 2. The number of rotatable bonds is 2. The summed E-state index contributed by atoms with van der Waals surface area (Å²) in [6, 6.07) is 20.1. The quantitative estimate of drug-likeness (QED) is 0.715.